The lowest BCUT2D eigenvalue weighted by atomic mass is 10.1. The quantitative estimate of drug-likeness (QED) is 0.606. The first kappa shape index (κ1) is 14.7. The minimum absolute atomic E-state index is 0.0357. The average molecular weight is 302 g/mol. The van der Waals surface area contributed by atoms with Crippen LogP contribution in [-0.2, 0) is 6.54 Å². The van der Waals surface area contributed by atoms with Crippen LogP contribution in [0.15, 0.2) is 40.8 Å². The Morgan fingerprint density at radius 3 is 2.73 bits per heavy atom. The smallest absolute Gasteiger partial charge is 0.280 e. The number of para-hydroxylation sites is 1. The summed E-state index contributed by atoms with van der Waals surface area (Å²) < 4.78 is 5.70. The van der Waals surface area contributed by atoms with Crippen LogP contribution in [0.5, 0.6) is 0 Å². The maximum Gasteiger partial charge on any atom is 0.280 e. The third-order valence-electron chi connectivity index (χ3n) is 4.12. The first-order chi connectivity index (χ1) is 10.6. The number of aliphatic hydroxyl groups excluding tert-OH is 1. The third kappa shape index (κ3) is 3.03. The number of rotatable bonds is 7. The van der Waals surface area contributed by atoms with Crippen LogP contribution in [0, 0.1) is 15.5 Å². The molecule has 6 heteroatoms. The molecule has 0 bridgehead atoms. The Kier molecular flexibility index (Phi) is 3.96. The van der Waals surface area contributed by atoms with Crippen molar-refractivity contribution in [2.75, 3.05) is 13.2 Å². The van der Waals surface area contributed by atoms with Crippen molar-refractivity contribution in [3.8, 4) is 11.3 Å². The van der Waals surface area contributed by atoms with E-state index in [0.717, 1.165) is 25.1 Å². The molecule has 1 aromatic heterocycles. The molecule has 6 nitrogen and oxygen atoms in total. The van der Waals surface area contributed by atoms with E-state index >= 15 is 0 Å². The van der Waals surface area contributed by atoms with E-state index in [1.807, 2.05) is 6.07 Å². The molecule has 1 aliphatic rings. The largest absolute Gasteiger partial charge is 0.459 e. The van der Waals surface area contributed by atoms with Crippen molar-refractivity contribution in [3.05, 3.63) is 52.3 Å². The Labute approximate surface area is 127 Å². The Bertz CT molecular complexity index is 676. The highest BCUT2D eigenvalue weighted by Gasteiger charge is 2.41. The molecule has 1 aromatic carbocycles. The fourth-order valence-corrected chi connectivity index (χ4v) is 2.48. The lowest BCUT2D eigenvalue weighted by Crippen LogP contribution is -2.25. The van der Waals surface area contributed by atoms with Crippen molar-refractivity contribution in [3.63, 3.8) is 0 Å². The molecule has 0 amide bonds. The lowest BCUT2D eigenvalue weighted by molar-refractivity contribution is -0.384. The topological polar surface area (TPSA) is 88.5 Å². The first-order valence-corrected chi connectivity index (χ1v) is 7.28. The standard InChI is InChI=1S/C16H18N2O4/c19-11-16(7-8-16)10-17-9-12-5-6-15(22-12)13-3-1-2-4-14(13)18(20)21/h1-6,17,19H,7-11H2. The summed E-state index contributed by atoms with van der Waals surface area (Å²) in [5.41, 5.74) is 0.564. The molecular weight excluding hydrogens is 284 g/mol. The Morgan fingerprint density at radius 2 is 2.05 bits per heavy atom. The summed E-state index contributed by atoms with van der Waals surface area (Å²) in [6, 6.07) is 10.1. The molecule has 1 aliphatic carbocycles. The molecule has 0 radical (unpaired) electrons. The maximum absolute atomic E-state index is 11.1. The molecule has 0 unspecified atom stereocenters. The van der Waals surface area contributed by atoms with E-state index in [0.29, 0.717) is 17.9 Å². The highest BCUT2D eigenvalue weighted by atomic mass is 16.6. The van der Waals surface area contributed by atoms with Gasteiger partial charge in [-0.25, -0.2) is 0 Å². The molecular formula is C16H18N2O4. The molecule has 0 spiro atoms. The minimum Gasteiger partial charge on any atom is -0.459 e. The number of nitrogens with zero attached hydrogens (tertiary/aromatic N) is 1. The molecule has 1 heterocycles. The predicted molar refractivity (Wildman–Crippen MR) is 81.3 cm³/mol. The van der Waals surface area contributed by atoms with Crippen LogP contribution in [0.1, 0.15) is 18.6 Å². The van der Waals surface area contributed by atoms with Crippen LogP contribution in [0.3, 0.4) is 0 Å². The molecule has 0 saturated heterocycles. The molecule has 0 atom stereocenters. The van der Waals surface area contributed by atoms with E-state index < -0.39 is 4.92 Å². The van der Waals surface area contributed by atoms with Gasteiger partial charge in [0.2, 0.25) is 0 Å². The van der Waals surface area contributed by atoms with E-state index in [-0.39, 0.29) is 17.7 Å². The fourth-order valence-electron chi connectivity index (χ4n) is 2.48. The highest BCUT2D eigenvalue weighted by molar-refractivity contribution is 5.69. The number of nitro benzene ring substituents is 1. The van der Waals surface area contributed by atoms with Crippen molar-refractivity contribution in [1.82, 2.24) is 5.32 Å². The second kappa shape index (κ2) is 5.90. The number of benzene rings is 1. The summed E-state index contributed by atoms with van der Waals surface area (Å²) in [6.07, 6.45) is 2.10. The van der Waals surface area contributed by atoms with Gasteiger partial charge in [-0.05, 0) is 31.0 Å². The van der Waals surface area contributed by atoms with E-state index in [1.54, 1.807) is 24.3 Å². The Morgan fingerprint density at radius 1 is 1.27 bits per heavy atom. The average Bonchev–Trinajstić information content (AvgIpc) is 3.16. The summed E-state index contributed by atoms with van der Waals surface area (Å²) in [7, 11) is 0. The van der Waals surface area contributed by atoms with Gasteiger partial charge in [-0.1, -0.05) is 12.1 Å². The maximum atomic E-state index is 11.1. The third-order valence-corrected chi connectivity index (χ3v) is 4.12. The van der Waals surface area contributed by atoms with Gasteiger partial charge in [0.1, 0.15) is 11.5 Å². The van der Waals surface area contributed by atoms with Crippen LogP contribution in [0.2, 0.25) is 0 Å². The van der Waals surface area contributed by atoms with Gasteiger partial charge in [-0.15, -0.1) is 0 Å². The SMILES string of the molecule is O=[N+]([O-])c1ccccc1-c1ccc(CNCC2(CO)CC2)o1. The van der Waals surface area contributed by atoms with Gasteiger partial charge in [-0.2, -0.15) is 0 Å². The van der Waals surface area contributed by atoms with E-state index in [4.69, 9.17) is 4.42 Å². The van der Waals surface area contributed by atoms with Crippen molar-refractivity contribution >= 4 is 5.69 Å². The first-order valence-electron chi connectivity index (χ1n) is 7.28. The van der Waals surface area contributed by atoms with Crippen LogP contribution in [-0.4, -0.2) is 23.2 Å². The summed E-state index contributed by atoms with van der Waals surface area (Å²) >= 11 is 0. The summed E-state index contributed by atoms with van der Waals surface area (Å²) in [5.74, 6) is 1.22. The van der Waals surface area contributed by atoms with E-state index in [9.17, 15) is 15.2 Å². The van der Waals surface area contributed by atoms with E-state index in [2.05, 4.69) is 5.32 Å². The van der Waals surface area contributed by atoms with Crippen molar-refractivity contribution in [2.24, 2.45) is 5.41 Å². The fraction of sp³-hybridized carbons (Fsp3) is 0.375. The monoisotopic (exact) mass is 302 g/mol. The number of nitro groups is 1. The minimum atomic E-state index is -0.409. The Hall–Kier alpha value is -2.18. The van der Waals surface area contributed by atoms with Crippen LogP contribution in [0.25, 0.3) is 11.3 Å². The number of furan rings is 1. The van der Waals surface area contributed by atoms with Gasteiger partial charge in [0, 0.05) is 24.6 Å². The van der Waals surface area contributed by atoms with Gasteiger partial charge in [0.25, 0.3) is 5.69 Å². The van der Waals surface area contributed by atoms with Gasteiger partial charge in [0.15, 0.2) is 0 Å². The molecule has 2 N–H and O–H groups in total. The number of nitrogens with one attached hydrogen (secondary N) is 1. The highest BCUT2D eigenvalue weighted by Crippen LogP contribution is 2.44. The molecule has 116 valence electrons. The van der Waals surface area contributed by atoms with E-state index in [1.165, 1.54) is 6.07 Å². The normalized spacial score (nSPS) is 15.7. The summed E-state index contributed by atoms with van der Waals surface area (Å²) in [5, 5.41) is 23.6. The van der Waals surface area contributed by atoms with Gasteiger partial charge >= 0.3 is 0 Å². The van der Waals surface area contributed by atoms with Crippen LogP contribution >= 0.6 is 0 Å². The van der Waals surface area contributed by atoms with Gasteiger partial charge in [0.05, 0.1) is 17.0 Å². The zero-order valence-electron chi connectivity index (χ0n) is 12.1. The van der Waals surface area contributed by atoms with Crippen molar-refractivity contribution in [2.45, 2.75) is 19.4 Å². The molecule has 22 heavy (non-hydrogen) atoms. The van der Waals surface area contributed by atoms with Crippen molar-refractivity contribution < 1.29 is 14.4 Å². The second-order valence-corrected chi connectivity index (χ2v) is 5.80. The zero-order chi connectivity index (χ0) is 15.6. The van der Waals surface area contributed by atoms with Crippen LogP contribution < -0.4 is 5.32 Å². The second-order valence-electron chi connectivity index (χ2n) is 5.80. The number of hydrogen-bond acceptors (Lipinski definition) is 5. The predicted octanol–water partition coefficient (Wildman–Crippen LogP) is 2.72. The summed E-state index contributed by atoms with van der Waals surface area (Å²) in [4.78, 5) is 10.6. The number of hydrogen-bond donors (Lipinski definition) is 2. The summed E-state index contributed by atoms with van der Waals surface area (Å²) in [6.45, 7) is 1.51. The Balaban J connectivity index is 1.67. The van der Waals surface area contributed by atoms with Gasteiger partial charge < -0.3 is 14.8 Å². The van der Waals surface area contributed by atoms with Gasteiger partial charge in [-0.3, -0.25) is 10.1 Å². The lowest BCUT2D eigenvalue weighted by Gasteiger charge is -2.11. The number of aliphatic hydroxyl groups is 1. The molecule has 3 rings (SSSR count). The van der Waals surface area contributed by atoms with Crippen molar-refractivity contribution in [1.29, 1.82) is 0 Å². The molecule has 1 fully saturated rings. The molecule has 0 aliphatic heterocycles. The zero-order valence-corrected chi connectivity index (χ0v) is 12.1. The van der Waals surface area contributed by atoms with Crippen LogP contribution in [0.4, 0.5) is 5.69 Å². The molecule has 1 saturated carbocycles. The molecule has 2 aromatic rings.